The number of alkyl halides is 6. The molecular formula is C32H35F7N4O3. The number of nitrogens with one attached hydrogen (secondary N) is 1. The third-order valence-corrected chi connectivity index (χ3v) is 8.74. The van der Waals surface area contributed by atoms with Crippen molar-refractivity contribution in [1.29, 1.82) is 0 Å². The van der Waals surface area contributed by atoms with E-state index in [1.807, 2.05) is 13.0 Å². The monoisotopic (exact) mass is 656 g/mol. The van der Waals surface area contributed by atoms with Crippen LogP contribution in [0.15, 0.2) is 69.9 Å². The van der Waals surface area contributed by atoms with Gasteiger partial charge in [0.2, 0.25) is 0 Å². The second-order valence-electron chi connectivity index (χ2n) is 11.9. The summed E-state index contributed by atoms with van der Waals surface area (Å²) in [4.78, 5) is 17.5. The molecule has 1 aliphatic carbocycles. The van der Waals surface area contributed by atoms with E-state index in [2.05, 4.69) is 16.5 Å². The number of benzene rings is 1. The number of allylic oxidation sites excluding steroid dienone is 6. The zero-order valence-electron chi connectivity index (χ0n) is 25.1. The van der Waals surface area contributed by atoms with Crippen LogP contribution in [0.1, 0.15) is 44.6 Å². The summed E-state index contributed by atoms with van der Waals surface area (Å²) in [7, 11) is 0. The summed E-state index contributed by atoms with van der Waals surface area (Å²) >= 11 is 0. The molecular weight excluding hydrogens is 621 g/mol. The number of piperidine rings is 1. The third-order valence-electron chi connectivity index (χ3n) is 8.74. The molecule has 14 heteroatoms. The van der Waals surface area contributed by atoms with Crippen LogP contribution in [0.5, 0.6) is 5.75 Å². The van der Waals surface area contributed by atoms with E-state index in [1.54, 1.807) is 18.2 Å². The minimum Gasteiger partial charge on any atom is -0.489 e. The SMILES string of the molecule is CC1=CC(C2CCN(CC(F)(F)F)CC2)=CCC1COc1c(F)cccc1C1=NC(N2NCC(C(=O)O)=C2C(F)(F)F)CCC=C1. The number of hydrogen-bond acceptors (Lipinski definition) is 6. The van der Waals surface area contributed by atoms with Crippen LogP contribution in [0.4, 0.5) is 30.7 Å². The molecule has 0 radical (unpaired) electrons. The molecule has 1 fully saturated rings. The maximum absolute atomic E-state index is 15.2. The summed E-state index contributed by atoms with van der Waals surface area (Å²) in [6.45, 7) is 1.37. The van der Waals surface area contributed by atoms with Crippen molar-refractivity contribution in [2.75, 3.05) is 32.8 Å². The fourth-order valence-electron chi connectivity index (χ4n) is 6.37. The fraction of sp³-hybridized carbons (Fsp3) is 0.500. The van der Waals surface area contributed by atoms with E-state index in [1.165, 1.54) is 17.0 Å². The topological polar surface area (TPSA) is 77.4 Å². The van der Waals surface area contributed by atoms with Crippen molar-refractivity contribution < 1.29 is 45.4 Å². The van der Waals surface area contributed by atoms with Gasteiger partial charge >= 0.3 is 18.3 Å². The van der Waals surface area contributed by atoms with Gasteiger partial charge in [0.15, 0.2) is 11.6 Å². The predicted octanol–water partition coefficient (Wildman–Crippen LogP) is 6.56. The van der Waals surface area contributed by atoms with Gasteiger partial charge < -0.3 is 9.84 Å². The Labute approximate surface area is 261 Å². The van der Waals surface area contributed by atoms with Crippen LogP contribution in [0.3, 0.4) is 0 Å². The number of rotatable bonds is 8. The molecule has 1 aromatic carbocycles. The van der Waals surface area contributed by atoms with Gasteiger partial charge in [-0.25, -0.2) is 14.6 Å². The van der Waals surface area contributed by atoms with Crippen molar-refractivity contribution in [2.24, 2.45) is 16.8 Å². The number of carbonyl (C=O) groups is 1. The molecule has 250 valence electrons. The predicted molar refractivity (Wildman–Crippen MR) is 156 cm³/mol. The summed E-state index contributed by atoms with van der Waals surface area (Å²) in [5.41, 5.74) is 2.92. The van der Waals surface area contributed by atoms with Gasteiger partial charge in [-0.2, -0.15) is 26.3 Å². The number of carboxylic acid groups (broad SMARTS) is 1. The lowest BCUT2D eigenvalue weighted by Crippen LogP contribution is -2.43. The lowest BCUT2D eigenvalue weighted by Gasteiger charge is -2.34. The first-order chi connectivity index (χ1) is 21.7. The molecule has 0 aromatic heterocycles. The molecule has 3 heterocycles. The van der Waals surface area contributed by atoms with Crippen molar-refractivity contribution >= 4 is 11.7 Å². The van der Waals surface area contributed by atoms with Crippen molar-refractivity contribution in [3.63, 3.8) is 0 Å². The third kappa shape index (κ3) is 7.83. The van der Waals surface area contributed by atoms with Gasteiger partial charge in [0.05, 0.1) is 24.4 Å². The lowest BCUT2D eigenvalue weighted by atomic mass is 9.81. The van der Waals surface area contributed by atoms with Gasteiger partial charge in [0.1, 0.15) is 11.9 Å². The number of para-hydroxylation sites is 1. The van der Waals surface area contributed by atoms with Gasteiger partial charge in [-0.05, 0) is 81.8 Å². The lowest BCUT2D eigenvalue weighted by molar-refractivity contribution is -0.148. The average molecular weight is 657 g/mol. The molecule has 0 spiro atoms. The molecule has 5 rings (SSSR count). The number of ether oxygens (including phenoxy) is 1. The normalized spacial score (nSPS) is 23.7. The number of likely N-dealkylation sites (tertiary alicyclic amines) is 1. The van der Waals surface area contributed by atoms with E-state index in [-0.39, 0.29) is 41.9 Å². The van der Waals surface area contributed by atoms with Crippen molar-refractivity contribution in [3.8, 4) is 5.75 Å². The molecule has 0 bridgehead atoms. The van der Waals surface area contributed by atoms with Crippen LogP contribution in [0.25, 0.3) is 0 Å². The smallest absolute Gasteiger partial charge is 0.433 e. The molecule has 0 saturated carbocycles. The number of carboxylic acids is 1. The van der Waals surface area contributed by atoms with Crippen molar-refractivity contribution in [1.82, 2.24) is 15.3 Å². The van der Waals surface area contributed by atoms with Gasteiger partial charge in [0.25, 0.3) is 0 Å². The fourth-order valence-corrected chi connectivity index (χ4v) is 6.37. The summed E-state index contributed by atoms with van der Waals surface area (Å²) in [6.07, 6.45) is -0.518. The Bertz CT molecular complexity index is 1470. The van der Waals surface area contributed by atoms with E-state index in [0.717, 1.165) is 16.2 Å². The second-order valence-corrected chi connectivity index (χ2v) is 11.9. The van der Waals surface area contributed by atoms with E-state index in [4.69, 9.17) is 4.74 Å². The highest BCUT2D eigenvalue weighted by Crippen LogP contribution is 2.37. The van der Waals surface area contributed by atoms with Crippen LogP contribution in [0.2, 0.25) is 0 Å². The Morgan fingerprint density at radius 1 is 1.13 bits per heavy atom. The Morgan fingerprint density at radius 2 is 1.87 bits per heavy atom. The standard InChI is InChI=1S/C32H35F7N4O3/c1-19-15-21(20-11-13-42(14-12-20)18-31(34,35)36)9-10-22(19)17-46-28-23(5-4-6-25(28)33)26-7-2-3-8-27(41-26)43-29(32(37,38)39)24(16-40-43)30(44)45/h2,4-7,9,15,20,22,27,40H,3,8,10-14,16-18H2,1H3,(H,44,45). The number of aliphatic carboxylic acids is 1. The minimum atomic E-state index is -4.94. The van der Waals surface area contributed by atoms with Crippen LogP contribution in [-0.4, -0.2) is 78.0 Å². The van der Waals surface area contributed by atoms with Gasteiger partial charge in [-0.1, -0.05) is 29.9 Å². The van der Waals surface area contributed by atoms with Gasteiger partial charge in [-0.15, -0.1) is 0 Å². The quantitative estimate of drug-likeness (QED) is 0.309. The Morgan fingerprint density at radius 3 is 2.52 bits per heavy atom. The second kappa shape index (κ2) is 13.6. The highest BCUT2D eigenvalue weighted by atomic mass is 19.4. The van der Waals surface area contributed by atoms with Gasteiger partial charge in [0, 0.05) is 18.0 Å². The average Bonchev–Trinajstić information content (AvgIpc) is 3.30. The first kappa shape index (κ1) is 33.7. The van der Waals surface area contributed by atoms with E-state index in [9.17, 15) is 36.2 Å². The summed E-state index contributed by atoms with van der Waals surface area (Å²) < 4.78 is 101. The molecule has 4 aliphatic rings. The summed E-state index contributed by atoms with van der Waals surface area (Å²) in [6, 6.07) is 4.24. The number of aliphatic imine (C=N–C) groups is 1. The highest BCUT2D eigenvalue weighted by Gasteiger charge is 2.47. The Kier molecular flexibility index (Phi) is 9.97. The summed E-state index contributed by atoms with van der Waals surface area (Å²) in [5.74, 6) is -2.38. The number of nitrogens with zero attached hydrogens (tertiary/aromatic N) is 3. The molecule has 2 atom stereocenters. The van der Waals surface area contributed by atoms with E-state index in [0.29, 0.717) is 38.8 Å². The molecule has 1 aromatic rings. The van der Waals surface area contributed by atoms with E-state index < -0.39 is 54.7 Å². The van der Waals surface area contributed by atoms with Crippen LogP contribution >= 0.6 is 0 Å². The zero-order chi connectivity index (χ0) is 33.2. The molecule has 46 heavy (non-hydrogen) atoms. The number of hydrazine groups is 1. The Hall–Kier alpha value is -3.65. The molecule has 1 saturated heterocycles. The van der Waals surface area contributed by atoms with Gasteiger partial charge in [-0.3, -0.25) is 14.9 Å². The molecule has 2 N–H and O–H groups in total. The van der Waals surface area contributed by atoms with Crippen LogP contribution in [0, 0.1) is 17.7 Å². The van der Waals surface area contributed by atoms with E-state index >= 15 is 4.39 Å². The number of hydrogen-bond donors (Lipinski definition) is 2. The van der Waals surface area contributed by atoms with Crippen LogP contribution in [-0.2, 0) is 4.79 Å². The molecule has 3 aliphatic heterocycles. The zero-order valence-corrected chi connectivity index (χ0v) is 25.1. The van der Waals surface area contributed by atoms with Crippen LogP contribution < -0.4 is 10.2 Å². The maximum Gasteiger partial charge on any atom is 0.433 e. The van der Waals surface area contributed by atoms with Crippen molar-refractivity contribution in [3.05, 3.63) is 76.3 Å². The molecule has 0 amide bonds. The van der Waals surface area contributed by atoms with Crippen molar-refractivity contribution in [2.45, 2.75) is 57.5 Å². The first-order valence-corrected chi connectivity index (χ1v) is 15.1. The molecule has 2 unspecified atom stereocenters. The summed E-state index contributed by atoms with van der Waals surface area (Å²) in [5, 5.41) is 10.1. The highest BCUT2D eigenvalue weighted by molar-refractivity contribution is 6.10. The largest absolute Gasteiger partial charge is 0.489 e. The maximum atomic E-state index is 15.2. The molecule has 7 nitrogen and oxygen atoms in total. The minimum absolute atomic E-state index is 0.0939. The number of halogens is 7. The Balaban J connectivity index is 1.29. The first-order valence-electron chi connectivity index (χ1n) is 15.1.